The predicted octanol–water partition coefficient (Wildman–Crippen LogP) is 3.71. The minimum atomic E-state index is -0.566. The lowest BCUT2D eigenvalue weighted by Gasteiger charge is -2.33. The van der Waals surface area contributed by atoms with Gasteiger partial charge in [-0.25, -0.2) is 4.99 Å². The molecule has 3 nitrogen and oxygen atoms in total. The Labute approximate surface area is 151 Å². The van der Waals surface area contributed by atoms with E-state index >= 15 is 0 Å². The largest absolute Gasteiger partial charge is 0.477 e. The van der Waals surface area contributed by atoms with Gasteiger partial charge in [0, 0.05) is 14.6 Å². The molecule has 2 aromatic carbocycles. The van der Waals surface area contributed by atoms with Crippen molar-refractivity contribution < 1.29 is 4.74 Å². The molecule has 0 radical (unpaired) electrons. The Hall–Kier alpha value is -1.70. The SMILES string of the molecule is CC1(C)COC([C@@H]2CCCN2P(c2ccccc2)c2ccccc2)=N1. The van der Waals surface area contributed by atoms with Crippen LogP contribution >= 0.6 is 8.07 Å². The molecule has 0 amide bonds. The number of aliphatic imine (C=N–C) groups is 1. The number of ether oxygens (including phenoxy) is 1. The minimum absolute atomic E-state index is 0.0914. The number of benzene rings is 2. The molecule has 2 heterocycles. The highest BCUT2D eigenvalue weighted by Crippen LogP contribution is 2.44. The fraction of sp³-hybridized carbons (Fsp3) is 0.381. The minimum Gasteiger partial charge on any atom is -0.477 e. The standard InChI is InChI=1S/C21H25N2OP/c1-21(2)16-24-20(22-21)19-14-9-15-23(19)25(17-10-5-3-6-11-17)18-12-7-4-8-13-18/h3-8,10-13,19H,9,14-16H2,1-2H3/t19-/m0/s1. The molecule has 2 aliphatic heterocycles. The van der Waals surface area contributed by atoms with Gasteiger partial charge in [0.25, 0.3) is 0 Å². The molecule has 0 spiro atoms. The third-order valence-corrected chi connectivity index (χ3v) is 7.32. The molecule has 0 aromatic heterocycles. The first-order valence-electron chi connectivity index (χ1n) is 9.03. The van der Waals surface area contributed by atoms with Gasteiger partial charge < -0.3 is 4.74 Å². The summed E-state index contributed by atoms with van der Waals surface area (Å²) in [5.74, 6) is 0.946. The molecule has 1 fully saturated rings. The summed E-state index contributed by atoms with van der Waals surface area (Å²) < 4.78 is 8.66. The van der Waals surface area contributed by atoms with Crippen molar-refractivity contribution in [2.45, 2.75) is 38.3 Å². The molecule has 1 atom stereocenters. The maximum atomic E-state index is 6.02. The Kier molecular flexibility index (Phi) is 4.62. The summed E-state index contributed by atoms with van der Waals surface area (Å²) in [6, 6.07) is 22.1. The zero-order valence-corrected chi connectivity index (χ0v) is 15.8. The molecule has 4 rings (SSSR count). The first kappa shape index (κ1) is 16.8. The van der Waals surface area contributed by atoms with E-state index in [1.54, 1.807) is 0 Å². The Morgan fingerprint density at radius 1 is 1.00 bits per heavy atom. The third-order valence-electron chi connectivity index (χ3n) is 4.75. The first-order chi connectivity index (χ1) is 12.1. The lowest BCUT2D eigenvalue weighted by Crippen LogP contribution is -2.37. The van der Waals surface area contributed by atoms with Gasteiger partial charge >= 0.3 is 0 Å². The van der Waals surface area contributed by atoms with Gasteiger partial charge in [-0.15, -0.1) is 0 Å². The van der Waals surface area contributed by atoms with E-state index < -0.39 is 8.07 Å². The van der Waals surface area contributed by atoms with Gasteiger partial charge in [0.05, 0.1) is 11.6 Å². The molecule has 0 unspecified atom stereocenters. The van der Waals surface area contributed by atoms with Crippen molar-refractivity contribution in [1.29, 1.82) is 0 Å². The summed E-state index contributed by atoms with van der Waals surface area (Å²) in [5, 5.41) is 2.79. The van der Waals surface area contributed by atoms with Crippen molar-refractivity contribution in [3.05, 3.63) is 60.7 Å². The molecule has 0 bridgehead atoms. The molecular weight excluding hydrogens is 327 g/mol. The summed E-state index contributed by atoms with van der Waals surface area (Å²) in [4.78, 5) is 4.89. The van der Waals surface area contributed by atoms with E-state index in [1.165, 1.54) is 17.0 Å². The van der Waals surface area contributed by atoms with Gasteiger partial charge in [0.2, 0.25) is 5.90 Å². The van der Waals surface area contributed by atoms with Gasteiger partial charge in [0.1, 0.15) is 6.61 Å². The summed E-state index contributed by atoms with van der Waals surface area (Å²) in [6.45, 7) is 6.09. The maximum Gasteiger partial charge on any atom is 0.202 e. The summed E-state index contributed by atoms with van der Waals surface area (Å²) >= 11 is 0. The Morgan fingerprint density at radius 2 is 1.60 bits per heavy atom. The Morgan fingerprint density at radius 3 is 2.12 bits per heavy atom. The summed E-state index contributed by atoms with van der Waals surface area (Å²) in [7, 11) is -0.566. The van der Waals surface area contributed by atoms with Crippen LogP contribution in [-0.2, 0) is 4.74 Å². The van der Waals surface area contributed by atoms with Gasteiger partial charge in [-0.3, -0.25) is 4.67 Å². The van der Waals surface area contributed by atoms with Crippen molar-refractivity contribution in [1.82, 2.24) is 4.67 Å². The number of hydrogen-bond acceptors (Lipinski definition) is 3. The van der Waals surface area contributed by atoms with E-state index in [-0.39, 0.29) is 5.54 Å². The fourth-order valence-electron chi connectivity index (χ4n) is 3.61. The molecular formula is C21H25N2OP. The highest BCUT2D eigenvalue weighted by atomic mass is 31.1. The molecule has 0 N–H and O–H groups in total. The van der Waals surface area contributed by atoms with E-state index in [2.05, 4.69) is 79.2 Å². The zero-order valence-electron chi connectivity index (χ0n) is 14.9. The van der Waals surface area contributed by atoms with Crippen molar-refractivity contribution >= 4 is 24.6 Å². The Bertz CT molecular complexity index is 706. The van der Waals surface area contributed by atoms with Crippen LogP contribution in [-0.4, -0.2) is 35.3 Å². The van der Waals surface area contributed by atoms with Crippen LogP contribution in [0.3, 0.4) is 0 Å². The summed E-state index contributed by atoms with van der Waals surface area (Å²) in [5.41, 5.74) is -0.0914. The van der Waals surface area contributed by atoms with Crippen molar-refractivity contribution in [3.8, 4) is 0 Å². The van der Waals surface area contributed by atoms with Gasteiger partial charge in [-0.1, -0.05) is 60.7 Å². The number of nitrogens with zero attached hydrogens (tertiary/aromatic N) is 2. The van der Waals surface area contributed by atoms with Crippen molar-refractivity contribution in [2.24, 2.45) is 4.99 Å². The lowest BCUT2D eigenvalue weighted by atomic mass is 10.1. The number of hydrogen-bond donors (Lipinski definition) is 0. The van der Waals surface area contributed by atoms with Crippen LogP contribution in [0.4, 0.5) is 0 Å². The fourth-order valence-corrected chi connectivity index (χ4v) is 6.24. The number of rotatable bonds is 4. The average Bonchev–Trinajstić information content (AvgIpc) is 3.23. The normalized spacial score (nSPS) is 22.8. The maximum absolute atomic E-state index is 6.02. The molecule has 0 saturated carbocycles. The quantitative estimate of drug-likeness (QED) is 0.784. The van der Waals surface area contributed by atoms with Gasteiger partial charge in [0.15, 0.2) is 0 Å². The predicted molar refractivity (Wildman–Crippen MR) is 106 cm³/mol. The van der Waals surface area contributed by atoms with E-state index in [1.807, 2.05) is 0 Å². The topological polar surface area (TPSA) is 24.8 Å². The molecule has 4 heteroatoms. The highest BCUT2D eigenvalue weighted by molar-refractivity contribution is 7.70. The molecule has 130 valence electrons. The highest BCUT2D eigenvalue weighted by Gasteiger charge is 2.40. The molecule has 25 heavy (non-hydrogen) atoms. The van der Waals surface area contributed by atoms with Gasteiger partial charge in [-0.2, -0.15) is 0 Å². The second-order valence-corrected chi connectivity index (χ2v) is 9.53. The average molecular weight is 352 g/mol. The zero-order chi connectivity index (χ0) is 17.3. The second kappa shape index (κ2) is 6.90. The van der Waals surface area contributed by atoms with Crippen LogP contribution in [0.15, 0.2) is 65.7 Å². The van der Waals surface area contributed by atoms with Gasteiger partial charge in [-0.05, 0) is 37.3 Å². The van der Waals surface area contributed by atoms with E-state index in [4.69, 9.17) is 9.73 Å². The second-order valence-electron chi connectivity index (χ2n) is 7.36. The molecule has 2 aliphatic rings. The first-order valence-corrected chi connectivity index (χ1v) is 10.3. The monoisotopic (exact) mass is 352 g/mol. The van der Waals surface area contributed by atoms with E-state index in [0.29, 0.717) is 12.6 Å². The Balaban J connectivity index is 1.72. The third kappa shape index (κ3) is 3.49. The van der Waals surface area contributed by atoms with Crippen molar-refractivity contribution in [3.63, 3.8) is 0 Å². The smallest absolute Gasteiger partial charge is 0.202 e. The van der Waals surface area contributed by atoms with Crippen LogP contribution in [0, 0.1) is 0 Å². The van der Waals surface area contributed by atoms with Crippen molar-refractivity contribution in [2.75, 3.05) is 13.2 Å². The molecule has 0 aliphatic carbocycles. The van der Waals surface area contributed by atoms with E-state index in [0.717, 1.165) is 18.9 Å². The van der Waals surface area contributed by atoms with Crippen LogP contribution in [0.2, 0.25) is 0 Å². The van der Waals surface area contributed by atoms with Crippen LogP contribution < -0.4 is 10.6 Å². The molecule has 2 aromatic rings. The lowest BCUT2D eigenvalue weighted by molar-refractivity contribution is 0.262. The van der Waals surface area contributed by atoms with Crippen LogP contribution in [0.5, 0.6) is 0 Å². The van der Waals surface area contributed by atoms with Crippen LogP contribution in [0.1, 0.15) is 26.7 Å². The molecule has 1 saturated heterocycles. The van der Waals surface area contributed by atoms with E-state index in [9.17, 15) is 0 Å². The summed E-state index contributed by atoms with van der Waals surface area (Å²) in [6.07, 6.45) is 2.33. The van der Waals surface area contributed by atoms with Crippen LogP contribution in [0.25, 0.3) is 0 Å².